The van der Waals surface area contributed by atoms with Crippen molar-refractivity contribution in [2.24, 2.45) is 0 Å². The van der Waals surface area contributed by atoms with Crippen LogP contribution in [0.25, 0.3) is 10.2 Å². The molecular weight excluding hydrogens is 450 g/mol. The minimum absolute atomic E-state index is 0. The van der Waals surface area contributed by atoms with E-state index < -0.39 is 9.84 Å². The maximum atomic E-state index is 13.1. The molecule has 0 aliphatic carbocycles. The average Bonchev–Trinajstić information content (AvgIpc) is 3.37. The van der Waals surface area contributed by atoms with Crippen molar-refractivity contribution >= 4 is 54.8 Å². The van der Waals surface area contributed by atoms with E-state index in [9.17, 15) is 13.2 Å². The molecule has 0 unspecified atom stereocenters. The number of hydrogen-bond donors (Lipinski definition) is 0. The molecule has 1 amide bonds. The van der Waals surface area contributed by atoms with Crippen LogP contribution < -0.4 is 4.90 Å². The lowest BCUT2D eigenvalue weighted by Gasteiger charge is -2.28. The van der Waals surface area contributed by atoms with Crippen molar-refractivity contribution in [3.8, 4) is 0 Å². The molecule has 162 valence electrons. The van der Waals surface area contributed by atoms with E-state index in [2.05, 4.69) is 9.88 Å². The van der Waals surface area contributed by atoms with Gasteiger partial charge in [-0.25, -0.2) is 13.4 Å². The van der Waals surface area contributed by atoms with E-state index >= 15 is 0 Å². The van der Waals surface area contributed by atoms with Crippen molar-refractivity contribution in [3.05, 3.63) is 42.4 Å². The van der Waals surface area contributed by atoms with Crippen LogP contribution in [0.5, 0.6) is 0 Å². The third-order valence-electron chi connectivity index (χ3n) is 4.72. The molecule has 1 aromatic carbocycles. The van der Waals surface area contributed by atoms with Gasteiger partial charge in [0, 0.05) is 32.4 Å². The van der Waals surface area contributed by atoms with Crippen molar-refractivity contribution in [3.63, 3.8) is 0 Å². The molecule has 0 spiro atoms. The second-order valence-corrected chi connectivity index (χ2v) is 9.75. The molecule has 0 saturated carbocycles. The minimum atomic E-state index is -3.43. The van der Waals surface area contributed by atoms with Crippen molar-refractivity contribution < 1.29 is 22.4 Å². The number of carbonyl (C=O) groups excluding carboxylic acids is 1. The van der Waals surface area contributed by atoms with E-state index in [1.54, 1.807) is 23.1 Å². The summed E-state index contributed by atoms with van der Waals surface area (Å²) >= 11 is 1.29. The third kappa shape index (κ3) is 4.84. The fourth-order valence-electron chi connectivity index (χ4n) is 3.21. The maximum Gasteiger partial charge on any atom is 0.295 e. The number of nitrogens with zero attached hydrogens (tertiary/aromatic N) is 3. The normalized spacial score (nSPS) is 15.1. The zero-order chi connectivity index (χ0) is 20.4. The zero-order valence-corrected chi connectivity index (χ0v) is 18.8. The molecular formula is C19H22ClN3O5S2. The van der Waals surface area contributed by atoms with Crippen LogP contribution in [0.2, 0.25) is 0 Å². The number of hydrogen-bond acceptors (Lipinski definition) is 8. The quantitative estimate of drug-likeness (QED) is 0.545. The van der Waals surface area contributed by atoms with Gasteiger partial charge >= 0.3 is 0 Å². The van der Waals surface area contributed by atoms with E-state index in [1.165, 1.54) is 23.7 Å². The summed E-state index contributed by atoms with van der Waals surface area (Å²) in [4.78, 5) is 21.6. The maximum absolute atomic E-state index is 13.1. The number of amides is 1. The van der Waals surface area contributed by atoms with Crippen LogP contribution in [-0.2, 0) is 14.6 Å². The number of para-hydroxylation sites is 1. The van der Waals surface area contributed by atoms with Crippen LogP contribution in [0.3, 0.4) is 0 Å². The summed E-state index contributed by atoms with van der Waals surface area (Å²) in [6.45, 7) is 4.02. The number of ether oxygens (including phenoxy) is 1. The van der Waals surface area contributed by atoms with Gasteiger partial charge in [-0.3, -0.25) is 14.6 Å². The molecule has 1 fully saturated rings. The average molecular weight is 472 g/mol. The van der Waals surface area contributed by atoms with Crippen molar-refractivity contribution in [2.75, 3.05) is 50.5 Å². The highest BCUT2D eigenvalue weighted by atomic mass is 35.5. The number of furan rings is 1. The molecule has 4 rings (SSSR count). The van der Waals surface area contributed by atoms with Crippen LogP contribution in [0, 0.1) is 0 Å². The molecule has 1 aliphatic rings. The van der Waals surface area contributed by atoms with Gasteiger partial charge in [-0.2, -0.15) is 0 Å². The van der Waals surface area contributed by atoms with Gasteiger partial charge in [0.05, 0.1) is 29.1 Å². The SMILES string of the molecule is CS(=O)(=O)c1cccc2sc(N(CCN3CCOCC3)C(=O)c3ccco3)nc12.Cl. The summed E-state index contributed by atoms with van der Waals surface area (Å²) < 4.78 is 35.6. The summed E-state index contributed by atoms with van der Waals surface area (Å²) in [6, 6.07) is 8.30. The van der Waals surface area contributed by atoms with Crippen molar-refractivity contribution in [1.29, 1.82) is 0 Å². The standard InChI is InChI=1S/C19H21N3O5S2.ClH/c1-29(24,25)16-6-2-5-15-17(16)20-19(28-15)22(18(23)14-4-3-11-27-14)8-7-21-9-12-26-13-10-21;/h2-6,11H,7-10,12-13H2,1H3;1H. The number of carbonyl (C=O) groups is 1. The first-order chi connectivity index (χ1) is 13.9. The Hall–Kier alpha value is -1.98. The lowest BCUT2D eigenvalue weighted by atomic mass is 10.3. The van der Waals surface area contributed by atoms with Gasteiger partial charge in [0.25, 0.3) is 5.91 Å². The summed E-state index contributed by atoms with van der Waals surface area (Å²) in [5.74, 6) is -0.0854. The fourth-order valence-corrected chi connectivity index (χ4v) is 5.12. The second kappa shape index (κ2) is 9.44. The molecule has 30 heavy (non-hydrogen) atoms. The highest BCUT2D eigenvalue weighted by Gasteiger charge is 2.26. The number of sulfone groups is 1. The Morgan fingerprint density at radius 1 is 1.23 bits per heavy atom. The molecule has 1 aliphatic heterocycles. The number of benzene rings is 1. The number of halogens is 1. The number of aromatic nitrogens is 1. The highest BCUT2D eigenvalue weighted by molar-refractivity contribution is 7.91. The summed E-state index contributed by atoms with van der Waals surface area (Å²) in [5.41, 5.74) is 0.388. The van der Waals surface area contributed by atoms with Gasteiger partial charge in [-0.05, 0) is 24.3 Å². The first-order valence-corrected chi connectivity index (χ1v) is 11.9. The van der Waals surface area contributed by atoms with Gasteiger partial charge in [0.2, 0.25) is 0 Å². The van der Waals surface area contributed by atoms with E-state index in [-0.39, 0.29) is 29.0 Å². The highest BCUT2D eigenvalue weighted by Crippen LogP contribution is 2.33. The van der Waals surface area contributed by atoms with Crippen molar-refractivity contribution in [2.45, 2.75) is 4.90 Å². The molecule has 0 atom stereocenters. The summed E-state index contributed by atoms with van der Waals surface area (Å²) in [7, 11) is -3.43. The molecule has 0 N–H and O–H groups in total. The number of thiazole rings is 1. The van der Waals surface area contributed by atoms with Crippen LogP contribution in [0.4, 0.5) is 5.13 Å². The molecule has 3 aromatic rings. The van der Waals surface area contributed by atoms with E-state index in [1.807, 2.05) is 6.07 Å². The Morgan fingerprint density at radius 3 is 2.67 bits per heavy atom. The number of fused-ring (bicyclic) bond motifs is 1. The molecule has 1 saturated heterocycles. The van der Waals surface area contributed by atoms with Crippen LogP contribution in [-0.4, -0.2) is 69.9 Å². The first-order valence-electron chi connectivity index (χ1n) is 9.18. The Labute approximate surface area is 184 Å². The monoisotopic (exact) mass is 471 g/mol. The fraction of sp³-hybridized carbons (Fsp3) is 0.368. The molecule has 3 heterocycles. The Kier molecular flexibility index (Phi) is 7.14. The summed E-state index contributed by atoms with van der Waals surface area (Å²) in [6.07, 6.45) is 2.61. The van der Waals surface area contributed by atoms with E-state index in [0.29, 0.717) is 41.7 Å². The van der Waals surface area contributed by atoms with Gasteiger partial charge in [0.1, 0.15) is 5.52 Å². The van der Waals surface area contributed by atoms with Gasteiger partial charge in [0.15, 0.2) is 20.7 Å². The molecule has 0 bridgehead atoms. The topological polar surface area (TPSA) is 93.0 Å². The number of morpholine rings is 1. The minimum Gasteiger partial charge on any atom is -0.459 e. The van der Waals surface area contributed by atoms with Crippen LogP contribution in [0.15, 0.2) is 45.9 Å². The second-order valence-electron chi connectivity index (χ2n) is 6.76. The number of rotatable bonds is 6. The van der Waals surface area contributed by atoms with Crippen LogP contribution >= 0.6 is 23.7 Å². The number of anilines is 1. The Morgan fingerprint density at radius 2 is 2.00 bits per heavy atom. The van der Waals surface area contributed by atoms with E-state index in [0.717, 1.165) is 19.3 Å². The van der Waals surface area contributed by atoms with Gasteiger partial charge < -0.3 is 9.15 Å². The molecule has 8 nitrogen and oxygen atoms in total. The molecule has 11 heteroatoms. The lowest BCUT2D eigenvalue weighted by molar-refractivity contribution is 0.0390. The smallest absolute Gasteiger partial charge is 0.295 e. The third-order valence-corrected chi connectivity index (χ3v) is 6.89. The van der Waals surface area contributed by atoms with Gasteiger partial charge in [-0.1, -0.05) is 17.4 Å². The Balaban J connectivity index is 0.00000256. The molecule has 2 aromatic heterocycles. The zero-order valence-electron chi connectivity index (χ0n) is 16.3. The van der Waals surface area contributed by atoms with E-state index in [4.69, 9.17) is 9.15 Å². The largest absolute Gasteiger partial charge is 0.459 e. The first kappa shape index (κ1) is 22.7. The summed E-state index contributed by atoms with van der Waals surface area (Å²) in [5, 5.41) is 0.450. The lowest BCUT2D eigenvalue weighted by Crippen LogP contribution is -2.43. The Bertz CT molecular complexity index is 1110. The van der Waals surface area contributed by atoms with Gasteiger partial charge in [-0.15, -0.1) is 12.4 Å². The predicted octanol–water partition coefficient (Wildman–Crippen LogP) is 2.69. The molecule has 0 radical (unpaired) electrons. The van der Waals surface area contributed by atoms with Crippen LogP contribution in [0.1, 0.15) is 10.6 Å². The predicted molar refractivity (Wildman–Crippen MR) is 118 cm³/mol. The van der Waals surface area contributed by atoms with Crippen molar-refractivity contribution in [1.82, 2.24) is 9.88 Å².